The zero-order chi connectivity index (χ0) is 19.8. The molecule has 0 atom stereocenters. The number of pyridine rings is 1. The number of nitrogens with one attached hydrogen (secondary N) is 2. The summed E-state index contributed by atoms with van der Waals surface area (Å²) in [6, 6.07) is 10.9. The number of para-hydroxylation sites is 1. The average Bonchev–Trinajstić information content (AvgIpc) is 2.98. The van der Waals surface area contributed by atoms with Gasteiger partial charge in [-0.25, -0.2) is 9.78 Å². The second-order valence-electron chi connectivity index (χ2n) is 6.99. The van der Waals surface area contributed by atoms with Crippen LogP contribution in [0.2, 0.25) is 0 Å². The van der Waals surface area contributed by atoms with E-state index in [0.29, 0.717) is 29.2 Å². The first kappa shape index (κ1) is 19.9. The van der Waals surface area contributed by atoms with Gasteiger partial charge in [-0.1, -0.05) is 37.8 Å². The molecule has 28 heavy (non-hydrogen) atoms. The summed E-state index contributed by atoms with van der Waals surface area (Å²) in [5.74, 6) is 0.0886. The van der Waals surface area contributed by atoms with Gasteiger partial charge in [0.1, 0.15) is 5.82 Å². The Bertz CT molecular complexity index is 797. The van der Waals surface area contributed by atoms with Gasteiger partial charge in [-0.2, -0.15) is 0 Å². The van der Waals surface area contributed by atoms with E-state index in [1.54, 1.807) is 43.5 Å². The van der Waals surface area contributed by atoms with Gasteiger partial charge in [0.05, 0.1) is 23.4 Å². The Morgan fingerprint density at radius 3 is 2.50 bits per heavy atom. The number of amides is 1. The molecule has 0 aliphatic heterocycles. The third-order valence-electron chi connectivity index (χ3n) is 4.90. The zero-order valence-corrected chi connectivity index (χ0v) is 16.2. The molecule has 1 aliphatic carbocycles. The fourth-order valence-corrected chi connectivity index (χ4v) is 3.41. The van der Waals surface area contributed by atoms with E-state index in [2.05, 4.69) is 15.6 Å². The largest absolute Gasteiger partial charge is 0.462 e. The van der Waals surface area contributed by atoms with E-state index in [4.69, 9.17) is 4.74 Å². The molecule has 0 radical (unpaired) electrons. The quantitative estimate of drug-likeness (QED) is 0.571. The highest BCUT2D eigenvalue weighted by molar-refractivity contribution is 5.96. The summed E-state index contributed by atoms with van der Waals surface area (Å²) in [4.78, 5) is 28.9. The molecule has 1 aromatic carbocycles. The number of hydrogen-bond donors (Lipinski definition) is 2. The van der Waals surface area contributed by atoms with Crippen LogP contribution in [0, 0.1) is 0 Å². The number of ether oxygens (including phenoxy) is 1. The van der Waals surface area contributed by atoms with Crippen LogP contribution in [0.5, 0.6) is 0 Å². The number of rotatable bonds is 6. The normalized spacial score (nSPS) is 14.8. The predicted octanol–water partition coefficient (Wildman–Crippen LogP) is 4.45. The number of carbonyl (C=O) groups is 2. The van der Waals surface area contributed by atoms with Gasteiger partial charge in [-0.15, -0.1) is 0 Å². The van der Waals surface area contributed by atoms with Crippen LogP contribution in [0.4, 0.5) is 11.5 Å². The summed E-state index contributed by atoms with van der Waals surface area (Å²) in [5, 5.41) is 6.25. The molecule has 1 saturated carbocycles. The van der Waals surface area contributed by atoms with Crippen LogP contribution < -0.4 is 10.6 Å². The van der Waals surface area contributed by atoms with Crippen molar-refractivity contribution in [3.8, 4) is 0 Å². The number of aromatic nitrogens is 1. The van der Waals surface area contributed by atoms with Crippen molar-refractivity contribution in [2.24, 2.45) is 0 Å². The van der Waals surface area contributed by atoms with E-state index in [0.717, 1.165) is 12.8 Å². The molecule has 3 rings (SSSR count). The lowest BCUT2D eigenvalue weighted by Crippen LogP contribution is -2.34. The highest BCUT2D eigenvalue weighted by Crippen LogP contribution is 2.21. The van der Waals surface area contributed by atoms with Crippen molar-refractivity contribution in [3.05, 3.63) is 53.7 Å². The Kier molecular flexibility index (Phi) is 7.00. The molecule has 6 nitrogen and oxygen atoms in total. The predicted molar refractivity (Wildman–Crippen MR) is 109 cm³/mol. The maximum absolute atomic E-state index is 12.5. The summed E-state index contributed by atoms with van der Waals surface area (Å²) in [7, 11) is 0. The van der Waals surface area contributed by atoms with E-state index in [-0.39, 0.29) is 17.9 Å². The molecular weight excluding hydrogens is 354 g/mol. The van der Waals surface area contributed by atoms with Gasteiger partial charge < -0.3 is 15.4 Å². The number of nitrogens with zero attached hydrogens (tertiary/aromatic N) is 1. The molecule has 6 heteroatoms. The minimum Gasteiger partial charge on any atom is -0.462 e. The standard InChI is InChI=1S/C22H27N3O3/c1-2-28-22(27)18-11-7-8-12-19(18)25-20-14-13-16(15-23-20)21(26)24-17-9-5-3-4-6-10-17/h7-8,11-15,17H,2-6,9-10H2,1H3,(H,23,25)(H,24,26). The topological polar surface area (TPSA) is 80.3 Å². The van der Waals surface area contributed by atoms with Gasteiger partial charge in [0, 0.05) is 12.2 Å². The molecule has 0 bridgehead atoms. The Morgan fingerprint density at radius 1 is 1.07 bits per heavy atom. The summed E-state index contributed by atoms with van der Waals surface area (Å²) in [6.07, 6.45) is 8.50. The van der Waals surface area contributed by atoms with Crippen LogP contribution in [0.15, 0.2) is 42.6 Å². The first-order chi connectivity index (χ1) is 13.7. The Balaban J connectivity index is 1.65. The van der Waals surface area contributed by atoms with Crippen molar-refractivity contribution in [2.45, 2.75) is 51.5 Å². The van der Waals surface area contributed by atoms with Crippen LogP contribution in [-0.2, 0) is 4.74 Å². The molecule has 1 fully saturated rings. The lowest BCUT2D eigenvalue weighted by atomic mass is 10.1. The first-order valence-electron chi connectivity index (χ1n) is 9.97. The number of anilines is 2. The monoisotopic (exact) mass is 381 g/mol. The highest BCUT2D eigenvalue weighted by atomic mass is 16.5. The lowest BCUT2D eigenvalue weighted by Gasteiger charge is -2.16. The summed E-state index contributed by atoms with van der Waals surface area (Å²) >= 11 is 0. The summed E-state index contributed by atoms with van der Waals surface area (Å²) < 4.78 is 5.09. The van der Waals surface area contributed by atoms with E-state index in [9.17, 15) is 9.59 Å². The number of carbonyl (C=O) groups excluding carboxylic acids is 2. The Labute approximate surface area is 165 Å². The maximum atomic E-state index is 12.5. The van der Waals surface area contributed by atoms with Crippen LogP contribution >= 0.6 is 0 Å². The third kappa shape index (κ3) is 5.31. The van der Waals surface area contributed by atoms with Crippen molar-refractivity contribution in [2.75, 3.05) is 11.9 Å². The number of esters is 1. The van der Waals surface area contributed by atoms with Crippen LogP contribution in [0.1, 0.15) is 66.2 Å². The van der Waals surface area contributed by atoms with Crippen molar-refractivity contribution >= 4 is 23.4 Å². The van der Waals surface area contributed by atoms with Crippen molar-refractivity contribution in [3.63, 3.8) is 0 Å². The van der Waals surface area contributed by atoms with Crippen LogP contribution in [0.3, 0.4) is 0 Å². The molecule has 148 valence electrons. The number of hydrogen-bond acceptors (Lipinski definition) is 5. The Morgan fingerprint density at radius 2 is 1.82 bits per heavy atom. The molecule has 0 spiro atoms. The van der Waals surface area contributed by atoms with E-state index >= 15 is 0 Å². The van der Waals surface area contributed by atoms with Crippen molar-refractivity contribution in [1.29, 1.82) is 0 Å². The van der Waals surface area contributed by atoms with Gasteiger partial charge >= 0.3 is 5.97 Å². The van der Waals surface area contributed by atoms with E-state index in [1.165, 1.54) is 25.7 Å². The minimum absolute atomic E-state index is 0.0853. The maximum Gasteiger partial charge on any atom is 0.340 e. The Hall–Kier alpha value is -2.89. The second-order valence-corrected chi connectivity index (χ2v) is 6.99. The van der Waals surface area contributed by atoms with Crippen LogP contribution in [-0.4, -0.2) is 29.5 Å². The molecular formula is C22H27N3O3. The second kappa shape index (κ2) is 9.88. The SMILES string of the molecule is CCOC(=O)c1ccccc1Nc1ccc(C(=O)NC2CCCCCC2)cn1. The molecule has 1 aromatic heterocycles. The van der Waals surface area contributed by atoms with Gasteiger partial charge in [0.25, 0.3) is 5.91 Å². The summed E-state index contributed by atoms with van der Waals surface area (Å²) in [5.41, 5.74) is 1.60. The molecule has 0 saturated heterocycles. The van der Waals surface area contributed by atoms with Crippen LogP contribution in [0.25, 0.3) is 0 Å². The highest BCUT2D eigenvalue weighted by Gasteiger charge is 2.16. The fraction of sp³-hybridized carbons (Fsp3) is 0.409. The van der Waals surface area contributed by atoms with E-state index < -0.39 is 0 Å². The fourth-order valence-electron chi connectivity index (χ4n) is 3.41. The lowest BCUT2D eigenvalue weighted by molar-refractivity contribution is 0.0527. The molecule has 1 aliphatic rings. The molecule has 1 amide bonds. The molecule has 2 aromatic rings. The first-order valence-corrected chi connectivity index (χ1v) is 9.97. The summed E-state index contributed by atoms with van der Waals surface area (Å²) in [6.45, 7) is 2.09. The van der Waals surface area contributed by atoms with Crippen molar-refractivity contribution in [1.82, 2.24) is 10.3 Å². The molecule has 1 heterocycles. The smallest absolute Gasteiger partial charge is 0.340 e. The minimum atomic E-state index is -0.384. The zero-order valence-electron chi connectivity index (χ0n) is 16.2. The third-order valence-corrected chi connectivity index (χ3v) is 4.90. The van der Waals surface area contributed by atoms with Gasteiger partial charge in [-0.05, 0) is 44.0 Å². The van der Waals surface area contributed by atoms with Gasteiger partial charge in [0.2, 0.25) is 0 Å². The van der Waals surface area contributed by atoms with Gasteiger partial charge in [-0.3, -0.25) is 4.79 Å². The van der Waals surface area contributed by atoms with Crippen molar-refractivity contribution < 1.29 is 14.3 Å². The molecule has 0 unspecified atom stereocenters. The van der Waals surface area contributed by atoms with Gasteiger partial charge in [0.15, 0.2) is 0 Å². The number of benzene rings is 1. The molecule has 2 N–H and O–H groups in total. The van der Waals surface area contributed by atoms with E-state index in [1.807, 2.05) is 6.07 Å². The average molecular weight is 381 g/mol.